The van der Waals surface area contributed by atoms with E-state index in [9.17, 15) is 9.59 Å². The van der Waals surface area contributed by atoms with Gasteiger partial charge in [-0.1, -0.05) is 46.2 Å². The van der Waals surface area contributed by atoms with Crippen molar-refractivity contribution >= 4 is 28.1 Å². The second-order valence-corrected chi connectivity index (χ2v) is 19.0. The number of ether oxygens (including phenoxy) is 2. The van der Waals surface area contributed by atoms with Crippen LogP contribution in [0.15, 0.2) is 0 Å². The fourth-order valence-corrected chi connectivity index (χ4v) is 5.86. The maximum atomic E-state index is 12.4. The minimum atomic E-state index is -1.87. The summed E-state index contributed by atoms with van der Waals surface area (Å²) >= 11 is 0. The van der Waals surface area contributed by atoms with Crippen LogP contribution in [0.25, 0.3) is 0 Å². The van der Waals surface area contributed by atoms with Crippen molar-refractivity contribution in [1.82, 2.24) is 0 Å². The first-order valence-corrected chi connectivity index (χ1v) is 14.6. The predicted molar refractivity (Wildman–Crippen MR) is 92.1 cm³/mol. The summed E-state index contributed by atoms with van der Waals surface area (Å²) in [6, 6.07) is 0. The summed E-state index contributed by atoms with van der Waals surface area (Å²) in [6.07, 6.45) is 0.532. The van der Waals surface area contributed by atoms with Crippen molar-refractivity contribution in [3.8, 4) is 0 Å². The first-order valence-electron chi connectivity index (χ1n) is 7.56. The Balaban J connectivity index is 5.64. The standard InChI is InChI=1S/C15H32O4Si2/c1-10-19-13(16)12(20(4,5)6)11-15(2,14(17)18-3)21(7,8)9/h12H,10-11H2,1-9H3/t12-,15-/m0/s1. The van der Waals surface area contributed by atoms with Crippen LogP contribution in [-0.4, -0.2) is 41.8 Å². The topological polar surface area (TPSA) is 52.6 Å². The summed E-state index contributed by atoms with van der Waals surface area (Å²) in [5, 5.41) is -0.584. The number of carbonyl (C=O) groups is 2. The summed E-state index contributed by atoms with van der Waals surface area (Å²) in [7, 11) is -2.23. The summed E-state index contributed by atoms with van der Waals surface area (Å²) in [6.45, 7) is 17.0. The fraction of sp³-hybridized carbons (Fsp3) is 0.867. The van der Waals surface area contributed by atoms with Gasteiger partial charge in [0.05, 0.1) is 40.4 Å². The molecule has 0 aromatic heterocycles. The van der Waals surface area contributed by atoms with Crippen LogP contribution in [0.2, 0.25) is 49.9 Å². The van der Waals surface area contributed by atoms with Crippen LogP contribution in [0.3, 0.4) is 0 Å². The van der Waals surface area contributed by atoms with Gasteiger partial charge in [-0.05, 0) is 13.3 Å². The Kier molecular flexibility index (Phi) is 6.88. The van der Waals surface area contributed by atoms with Crippen LogP contribution in [0.4, 0.5) is 0 Å². The zero-order valence-corrected chi connectivity index (χ0v) is 17.1. The zero-order valence-electron chi connectivity index (χ0n) is 15.1. The molecule has 0 aliphatic heterocycles. The number of carbonyl (C=O) groups excluding carboxylic acids is 2. The van der Waals surface area contributed by atoms with Gasteiger partial charge in [-0.2, -0.15) is 0 Å². The second kappa shape index (κ2) is 7.09. The molecule has 124 valence electrons. The molecule has 0 saturated heterocycles. The van der Waals surface area contributed by atoms with E-state index >= 15 is 0 Å². The van der Waals surface area contributed by atoms with Crippen molar-refractivity contribution in [2.24, 2.45) is 0 Å². The van der Waals surface area contributed by atoms with Gasteiger partial charge in [0, 0.05) is 0 Å². The molecular weight excluding hydrogens is 300 g/mol. The lowest BCUT2D eigenvalue weighted by molar-refractivity contribution is -0.146. The van der Waals surface area contributed by atoms with Crippen molar-refractivity contribution < 1.29 is 19.1 Å². The average Bonchev–Trinajstić information content (AvgIpc) is 2.31. The van der Waals surface area contributed by atoms with E-state index in [2.05, 4.69) is 39.3 Å². The highest BCUT2D eigenvalue weighted by molar-refractivity contribution is 6.83. The highest BCUT2D eigenvalue weighted by atomic mass is 28.3. The third-order valence-corrected chi connectivity index (χ3v) is 10.8. The van der Waals surface area contributed by atoms with Gasteiger partial charge >= 0.3 is 11.9 Å². The lowest BCUT2D eigenvalue weighted by Gasteiger charge is -2.42. The molecule has 0 aromatic rings. The summed E-state index contributed by atoms with van der Waals surface area (Å²) in [4.78, 5) is 24.8. The Morgan fingerprint density at radius 3 is 1.86 bits per heavy atom. The maximum absolute atomic E-state index is 12.4. The number of hydrogen-bond donors (Lipinski definition) is 0. The van der Waals surface area contributed by atoms with Crippen molar-refractivity contribution in [3.05, 3.63) is 0 Å². The van der Waals surface area contributed by atoms with E-state index in [0.717, 1.165) is 0 Å². The molecule has 0 saturated carbocycles. The SMILES string of the molecule is CCOC(=O)[C@H](C[C@@](C)(C(=O)OC)[Si](C)(C)C)[Si](C)(C)C. The molecule has 0 spiro atoms. The van der Waals surface area contributed by atoms with Crippen LogP contribution in [0.5, 0.6) is 0 Å². The molecule has 6 heteroatoms. The van der Waals surface area contributed by atoms with Gasteiger partial charge in [-0.15, -0.1) is 0 Å². The van der Waals surface area contributed by atoms with E-state index in [0.29, 0.717) is 13.0 Å². The first kappa shape index (κ1) is 20.4. The quantitative estimate of drug-likeness (QED) is 0.524. The van der Waals surface area contributed by atoms with Gasteiger partial charge in [0.2, 0.25) is 0 Å². The average molecular weight is 333 g/mol. The molecule has 0 aliphatic carbocycles. The van der Waals surface area contributed by atoms with Crippen molar-refractivity contribution in [3.63, 3.8) is 0 Å². The van der Waals surface area contributed by atoms with Crippen LogP contribution in [0, 0.1) is 0 Å². The Morgan fingerprint density at radius 2 is 1.57 bits per heavy atom. The van der Waals surface area contributed by atoms with Crippen molar-refractivity contribution in [1.29, 1.82) is 0 Å². The fourth-order valence-electron chi connectivity index (χ4n) is 2.32. The molecule has 0 unspecified atom stereocenters. The molecular formula is C15H32O4Si2. The van der Waals surface area contributed by atoms with E-state index < -0.39 is 21.2 Å². The molecule has 0 radical (unpaired) electrons. The number of rotatable bonds is 7. The van der Waals surface area contributed by atoms with Crippen LogP contribution < -0.4 is 0 Å². The maximum Gasteiger partial charge on any atom is 0.308 e. The molecule has 0 heterocycles. The molecule has 0 amide bonds. The van der Waals surface area contributed by atoms with Crippen molar-refractivity contribution in [2.75, 3.05) is 13.7 Å². The van der Waals surface area contributed by atoms with Crippen LogP contribution in [-0.2, 0) is 19.1 Å². The van der Waals surface area contributed by atoms with Gasteiger partial charge in [0.25, 0.3) is 0 Å². The lowest BCUT2D eigenvalue weighted by Crippen LogP contribution is -2.48. The highest BCUT2D eigenvalue weighted by Crippen LogP contribution is 2.48. The van der Waals surface area contributed by atoms with E-state index in [1.165, 1.54) is 7.11 Å². The number of methoxy groups -OCH3 is 1. The summed E-state index contributed by atoms with van der Waals surface area (Å²) in [5.41, 5.74) is -0.187. The summed E-state index contributed by atoms with van der Waals surface area (Å²) < 4.78 is 10.3. The second-order valence-electron chi connectivity index (χ2n) is 7.95. The zero-order chi connectivity index (χ0) is 17.1. The number of hydrogen-bond acceptors (Lipinski definition) is 4. The van der Waals surface area contributed by atoms with Gasteiger partial charge in [-0.25, -0.2) is 0 Å². The third kappa shape index (κ3) is 4.95. The van der Waals surface area contributed by atoms with Crippen LogP contribution in [0.1, 0.15) is 20.3 Å². The molecule has 0 rings (SSSR count). The highest BCUT2D eigenvalue weighted by Gasteiger charge is 2.51. The lowest BCUT2D eigenvalue weighted by atomic mass is 10.0. The van der Waals surface area contributed by atoms with E-state index in [-0.39, 0.29) is 17.5 Å². The van der Waals surface area contributed by atoms with Gasteiger partial charge in [0.15, 0.2) is 0 Å². The molecule has 0 aromatic carbocycles. The molecule has 4 nitrogen and oxygen atoms in total. The molecule has 21 heavy (non-hydrogen) atoms. The van der Waals surface area contributed by atoms with E-state index in [1.54, 1.807) is 0 Å². The normalized spacial score (nSPS) is 16.8. The summed E-state index contributed by atoms with van der Waals surface area (Å²) in [5.74, 6) is -0.362. The minimum Gasteiger partial charge on any atom is -0.469 e. The Labute approximate surface area is 131 Å². The van der Waals surface area contributed by atoms with Gasteiger partial charge in [0.1, 0.15) is 0 Å². The minimum absolute atomic E-state index is 0.162. The molecule has 0 fully saturated rings. The molecule has 2 atom stereocenters. The van der Waals surface area contributed by atoms with Gasteiger partial charge < -0.3 is 9.47 Å². The molecule has 0 bridgehead atoms. The van der Waals surface area contributed by atoms with Crippen molar-refractivity contribution in [2.45, 2.75) is 70.1 Å². The predicted octanol–water partition coefficient (Wildman–Crippen LogP) is 3.92. The Bertz CT molecular complexity index is 382. The third-order valence-electron chi connectivity index (χ3n) is 4.52. The van der Waals surface area contributed by atoms with E-state index in [4.69, 9.17) is 9.47 Å². The Hall–Kier alpha value is -0.626. The smallest absolute Gasteiger partial charge is 0.308 e. The molecule has 0 N–H and O–H groups in total. The first-order chi connectivity index (χ1) is 9.31. The molecule has 0 aliphatic rings. The Morgan fingerprint density at radius 1 is 1.10 bits per heavy atom. The van der Waals surface area contributed by atoms with Crippen LogP contribution >= 0.6 is 0 Å². The van der Waals surface area contributed by atoms with Gasteiger partial charge in [-0.3, -0.25) is 9.59 Å². The largest absolute Gasteiger partial charge is 0.469 e. The monoisotopic (exact) mass is 332 g/mol. The number of esters is 2. The van der Waals surface area contributed by atoms with E-state index in [1.807, 2.05) is 13.8 Å².